The third kappa shape index (κ3) is 4.62. The lowest BCUT2D eigenvalue weighted by Gasteiger charge is -2.35. The Morgan fingerprint density at radius 3 is 2.46 bits per heavy atom. The maximum atomic E-state index is 12.4. The zero-order chi connectivity index (χ0) is 20.1. The van der Waals surface area contributed by atoms with Gasteiger partial charge in [-0.3, -0.25) is 4.79 Å². The van der Waals surface area contributed by atoms with Gasteiger partial charge < -0.3 is 24.8 Å². The lowest BCUT2D eigenvalue weighted by Crippen LogP contribution is -2.47. The number of rotatable bonds is 5. The fourth-order valence-electron chi connectivity index (χ4n) is 3.97. The van der Waals surface area contributed by atoms with Gasteiger partial charge in [0.25, 0.3) is 0 Å². The Kier molecular flexibility index (Phi) is 6.51. The molecule has 0 saturated carbocycles. The van der Waals surface area contributed by atoms with Crippen LogP contribution in [-0.2, 0) is 20.8 Å². The molecule has 2 N–H and O–H groups in total. The number of piperidine rings is 1. The maximum absolute atomic E-state index is 12.4. The molecule has 2 amide bonds. The molecule has 2 saturated heterocycles. The van der Waals surface area contributed by atoms with Crippen LogP contribution in [0, 0.1) is 11.8 Å². The zero-order valence-electron chi connectivity index (χ0n) is 15.9. The molecule has 0 unspecified atom stereocenters. The molecule has 3 rings (SSSR count). The highest BCUT2D eigenvalue weighted by molar-refractivity contribution is 5.87. The van der Waals surface area contributed by atoms with Crippen molar-refractivity contribution < 1.29 is 29.0 Å². The van der Waals surface area contributed by atoms with Crippen molar-refractivity contribution in [3.05, 3.63) is 35.4 Å². The Labute approximate surface area is 163 Å². The van der Waals surface area contributed by atoms with E-state index in [4.69, 9.17) is 14.6 Å². The monoisotopic (exact) mass is 390 g/mol. The summed E-state index contributed by atoms with van der Waals surface area (Å²) in [5.41, 5.74) is 1.06. The molecule has 0 bridgehead atoms. The Morgan fingerprint density at radius 2 is 1.86 bits per heavy atom. The summed E-state index contributed by atoms with van der Waals surface area (Å²) in [6.07, 6.45) is 2.15. The van der Waals surface area contributed by atoms with Gasteiger partial charge in [0.2, 0.25) is 0 Å². The first-order chi connectivity index (χ1) is 13.5. The van der Waals surface area contributed by atoms with Crippen molar-refractivity contribution >= 4 is 18.0 Å². The number of ether oxygens (including phenoxy) is 2. The number of methoxy groups -OCH3 is 1. The van der Waals surface area contributed by atoms with Crippen molar-refractivity contribution in [2.24, 2.45) is 11.8 Å². The van der Waals surface area contributed by atoms with E-state index < -0.39 is 5.97 Å². The van der Waals surface area contributed by atoms with Gasteiger partial charge in [-0.15, -0.1) is 0 Å². The first-order valence-electron chi connectivity index (χ1n) is 9.54. The van der Waals surface area contributed by atoms with E-state index in [2.05, 4.69) is 5.32 Å². The Hall–Kier alpha value is -2.61. The molecule has 0 aromatic heterocycles. The molecule has 1 aromatic rings. The van der Waals surface area contributed by atoms with E-state index >= 15 is 0 Å². The summed E-state index contributed by atoms with van der Waals surface area (Å²) in [6, 6.07) is 6.29. The molecule has 0 radical (unpaired) electrons. The minimum atomic E-state index is -0.973. The Bertz CT molecular complexity index is 712. The average molecular weight is 390 g/mol. The summed E-state index contributed by atoms with van der Waals surface area (Å²) in [6.45, 7) is 2.14. The standard InChI is InChI=1S/C20H26N2O6/c1-27-19(25)16-8-11-28-17(16)14-6-9-22(10-7-14)20(26)21-12-13-2-4-15(5-3-13)18(23)24/h2-5,14,16-17H,6-12H2,1H3,(H,21,26)(H,23,24)/t16-,17+/m1/s1. The number of hydrogen-bond donors (Lipinski definition) is 2. The highest BCUT2D eigenvalue weighted by Gasteiger charge is 2.41. The van der Waals surface area contributed by atoms with Crippen LogP contribution in [0.25, 0.3) is 0 Å². The third-order valence-corrected chi connectivity index (χ3v) is 5.58. The highest BCUT2D eigenvalue weighted by Crippen LogP contribution is 2.33. The number of urea groups is 1. The summed E-state index contributed by atoms with van der Waals surface area (Å²) in [5, 5.41) is 11.8. The molecule has 2 heterocycles. The van der Waals surface area contributed by atoms with E-state index in [0.717, 1.165) is 18.4 Å². The minimum Gasteiger partial charge on any atom is -0.478 e. The van der Waals surface area contributed by atoms with Crippen LogP contribution in [0.3, 0.4) is 0 Å². The zero-order valence-corrected chi connectivity index (χ0v) is 15.9. The fraction of sp³-hybridized carbons (Fsp3) is 0.550. The molecule has 2 aliphatic heterocycles. The van der Waals surface area contributed by atoms with Crippen LogP contribution < -0.4 is 5.32 Å². The number of nitrogens with zero attached hydrogens (tertiary/aromatic N) is 1. The number of amides is 2. The number of aromatic carboxylic acids is 1. The predicted molar refractivity (Wildman–Crippen MR) is 99.8 cm³/mol. The molecule has 2 fully saturated rings. The summed E-state index contributed by atoms with van der Waals surface area (Å²) < 4.78 is 10.7. The molecule has 28 heavy (non-hydrogen) atoms. The van der Waals surface area contributed by atoms with Gasteiger partial charge in [-0.1, -0.05) is 12.1 Å². The van der Waals surface area contributed by atoms with Crippen LogP contribution in [0.2, 0.25) is 0 Å². The van der Waals surface area contributed by atoms with Crippen LogP contribution in [0.5, 0.6) is 0 Å². The van der Waals surface area contributed by atoms with Gasteiger partial charge in [0, 0.05) is 26.2 Å². The van der Waals surface area contributed by atoms with Crippen molar-refractivity contribution in [3.8, 4) is 0 Å². The van der Waals surface area contributed by atoms with E-state index in [-0.39, 0.29) is 35.5 Å². The van der Waals surface area contributed by atoms with Gasteiger partial charge in [0.05, 0.1) is 24.7 Å². The molecule has 8 nitrogen and oxygen atoms in total. The Morgan fingerprint density at radius 1 is 1.18 bits per heavy atom. The van der Waals surface area contributed by atoms with E-state index in [9.17, 15) is 14.4 Å². The van der Waals surface area contributed by atoms with Gasteiger partial charge in [0.15, 0.2) is 0 Å². The number of carbonyl (C=O) groups is 3. The lowest BCUT2D eigenvalue weighted by molar-refractivity contribution is -0.148. The van der Waals surface area contributed by atoms with Crippen LogP contribution in [-0.4, -0.2) is 60.9 Å². The second kappa shape index (κ2) is 9.05. The molecular weight excluding hydrogens is 364 g/mol. The van der Waals surface area contributed by atoms with Crippen LogP contribution in [0.4, 0.5) is 4.79 Å². The number of carbonyl (C=O) groups excluding carboxylic acids is 2. The van der Waals surface area contributed by atoms with Crippen LogP contribution >= 0.6 is 0 Å². The van der Waals surface area contributed by atoms with E-state index in [1.165, 1.54) is 19.2 Å². The second-order valence-corrected chi connectivity index (χ2v) is 7.24. The molecular formula is C20H26N2O6. The normalized spacial score (nSPS) is 22.7. The number of hydrogen-bond acceptors (Lipinski definition) is 5. The quantitative estimate of drug-likeness (QED) is 0.744. The number of carboxylic acid groups (broad SMARTS) is 1. The van der Waals surface area contributed by atoms with Crippen molar-refractivity contribution in [3.63, 3.8) is 0 Å². The summed E-state index contributed by atoms with van der Waals surface area (Å²) in [4.78, 5) is 37.0. The molecule has 2 atom stereocenters. The molecule has 1 aromatic carbocycles. The SMILES string of the molecule is COC(=O)[C@@H]1CCO[C@H]1C1CCN(C(=O)NCc2ccc(C(=O)O)cc2)CC1. The van der Waals surface area contributed by atoms with Crippen LogP contribution in [0.15, 0.2) is 24.3 Å². The van der Waals surface area contributed by atoms with Gasteiger partial charge in [-0.2, -0.15) is 0 Å². The van der Waals surface area contributed by atoms with Gasteiger partial charge in [0.1, 0.15) is 0 Å². The molecule has 8 heteroatoms. The summed E-state index contributed by atoms with van der Waals surface area (Å²) >= 11 is 0. The average Bonchev–Trinajstić information content (AvgIpc) is 3.21. The van der Waals surface area contributed by atoms with Crippen molar-refractivity contribution in [2.75, 3.05) is 26.8 Å². The molecule has 0 aliphatic carbocycles. The number of likely N-dealkylation sites (tertiary alicyclic amines) is 1. The van der Waals surface area contributed by atoms with E-state index in [1.54, 1.807) is 17.0 Å². The number of esters is 1. The first-order valence-corrected chi connectivity index (χ1v) is 9.54. The smallest absolute Gasteiger partial charge is 0.335 e. The highest BCUT2D eigenvalue weighted by atomic mass is 16.5. The van der Waals surface area contributed by atoms with Gasteiger partial charge in [-0.05, 0) is 42.9 Å². The van der Waals surface area contributed by atoms with Crippen LogP contribution in [0.1, 0.15) is 35.2 Å². The molecule has 2 aliphatic rings. The van der Waals surface area contributed by atoms with Crippen molar-refractivity contribution in [1.82, 2.24) is 10.2 Å². The summed E-state index contributed by atoms with van der Waals surface area (Å²) in [5.74, 6) is -1.14. The topological polar surface area (TPSA) is 105 Å². The third-order valence-electron chi connectivity index (χ3n) is 5.58. The van der Waals surface area contributed by atoms with Gasteiger partial charge >= 0.3 is 18.0 Å². The number of carboxylic acids is 1. The molecule has 0 spiro atoms. The van der Waals surface area contributed by atoms with E-state index in [0.29, 0.717) is 32.7 Å². The number of benzene rings is 1. The minimum absolute atomic E-state index is 0.120. The predicted octanol–water partition coefficient (Wildman–Crippen LogP) is 1.88. The van der Waals surface area contributed by atoms with Crippen molar-refractivity contribution in [1.29, 1.82) is 0 Å². The van der Waals surface area contributed by atoms with Gasteiger partial charge in [-0.25, -0.2) is 9.59 Å². The Balaban J connectivity index is 1.46. The molecule has 152 valence electrons. The maximum Gasteiger partial charge on any atom is 0.335 e. The summed E-state index contributed by atoms with van der Waals surface area (Å²) in [7, 11) is 1.40. The number of nitrogens with one attached hydrogen (secondary N) is 1. The van der Waals surface area contributed by atoms with Crippen molar-refractivity contribution in [2.45, 2.75) is 31.9 Å². The lowest BCUT2D eigenvalue weighted by atomic mass is 9.84. The largest absolute Gasteiger partial charge is 0.478 e. The fourth-order valence-corrected chi connectivity index (χ4v) is 3.97. The second-order valence-electron chi connectivity index (χ2n) is 7.24. The first kappa shape index (κ1) is 20.1. The van der Waals surface area contributed by atoms with E-state index in [1.807, 2.05) is 0 Å².